The third-order valence-corrected chi connectivity index (χ3v) is 5.73. The Labute approximate surface area is 178 Å². The lowest BCUT2D eigenvalue weighted by atomic mass is 9.77. The molecule has 0 bridgehead atoms. The number of ether oxygens (including phenoxy) is 1. The molecule has 2 heterocycles. The Hall–Kier alpha value is -2.57. The fourth-order valence-corrected chi connectivity index (χ4v) is 4.17. The number of amides is 3. The van der Waals surface area contributed by atoms with Crippen molar-refractivity contribution in [2.45, 2.75) is 64.5 Å². The van der Waals surface area contributed by atoms with Gasteiger partial charge in [-0.05, 0) is 64.7 Å². The van der Waals surface area contributed by atoms with Crippen molar-refractivity contribution in [3.63, 3.8) is 0 Å². The molecule has 0 radical (unpaired) electrons. The molecule has 0 saturated carbocycles. The molecular formula is C23H33N3O4. The third kappa shape index (κ3) is 4.77. The molecule has 1 N–H and O–H groups in total. The summed E-state index contributed by atoms with van der Waals surface area (Å²) in [4.78, 5) is 41.7. The van der Waals surface area contributed by atoms with E-state index in [4.69, 9.17) is 4.74 Å². The van der Waals surface area contributed by atoms with E-state index in [9.17, 15) is 14.4 Å². The maximum atomic E-state index is 13.3. The number of piperidine rings is 1. The van der Waals surface area contributed by atoms with Crippen molar-refractivity contribution in [3.8, 4) is 0 Å². The van der Waals surface area contributed by atoms with Crippen LogP contribution in [0, 0.1) is 0 Å². The first kappa shape index (κ1) is 22.1. The van der Waals surface area contributed by atoms with E-state index in [1.807, 2.05) is 32.6 Å². The Kier molecular flexibility index (Phi) is 6.38. The van der Waals surface area contributed by atoms with Gasteiger partial charge in [0, 0.05) is 37.3 Å². The fraction of sp³-hybridized carbons (Fsp3) is 0.609. The number of likely N-dealkylation sites (tertiary alicyclic amines) is 2. The summed E-state index contributed by atoms with van der Waals surface area (Å²) in [6, 6.07) is 6.88. The van der Waals surface area contributed by atoms with Gasteiger partial charge in [0.15, 0.2) is 0 Å². The first-order valence-corrected chi connectivity index (χ1v) is 10.8. The Morgan fingerprint density at radius 1 is 1.13 bits per heavy atom. The molecule has 1 aromatic rings. The topological polar surface area (TPSA) is 79.0 Å². The zero-order valence-electron chi connectivity index (χ0n) is 18.5. The van der Waals surface area contributed by atoms with Crippen molar-refractivity contribution in [2.75, 3.05) is 26.2 Å². The summed E-state index contributed by atoms with van der Waals surface area (Å²) in [5, 5.41) is 2.84. The summed E-state index contributed by atoms with van der Waals surface area (Å²) in [6.07, 6.45) is 3.11. The van der Waals surface area contributed by atoms with Gasteiger partial charge in [0.2, 0.25) is 0 Å². The zero-order chi connectivity index (χ0) is 21.9. The van der Waals surface area contributed by atoms with Gasteiger partial charge in [0.1, 0.15) is 5.60 Å². The van der Waals surface area contributed by atoms with Gasteiger partial charge in [-0.2, -0.15) is 0 Å². The first-order valence-electron chi connectivity index (χ1n) is 10.8. The van der Waals surface area contributed by atoms with E-state index in [1.54, 1.807) is 29.2 Å². The Bertz CT molecular complexity index is 817. The van der Waals surface area contributed by atoms with Gasteiger partial charge in [-0.25, -0.2) is 4.79 Å². The number of benzene rings is 1. The van der Waals surface area contributed by atoms with Gasteiger partial charge in [-0.3, -0.25) is 9.59 Å². The summed E-state index contributed by atoms with van der Waals surface area (Å²) in [6.45, 7) is 9.96. The first-order chi connectivity index (χ1) is 14.1. The summed E-state index contributed by atoms with van der Waals surface area (Å²) in [5.41, 5.74) is 0.109. The molecule has 1 aromatic carbocycles. The predicted molar refractivity (Wildman–Crippen MR) is 114 cm³/mol. The van der Waals surface area contributed by atoms with E-state index in [2.05, 4.69) is 5.32 Å². The second-order valence-corrected chi connectivity index (χ2v) is 9.27. The molecule has 30 heavy (non-hydrogen) atoms. The van der Waals surface area contributed by atoms with Crippen molar-refractivity contribution in [3.05, 3.63) is 35.4 Å². The molecule has 3 rings (SSSR count). The molecule has 0 unspecified atom stereocenters. The van der Waals surface area contributed by atoms with Crippen LogP contribution < -0.4 is 5.32 Å². The molecule has 2 aliphatic rings. The number of carbonyl (C=O) groups is 3. The summed E-state index contributed by atoms with van der Waals surface area (Å²) >= 11 is 0. The van der Waals surface area contributed by atoms with Crippen LogP contribution in [0.2, 0.25) is 0 Å². The lowest BCUT2D eigenvalue weighted by Gasteiger charge is -2.56. The highest BCUT2D eigenvalue weighted by molar-refractivity contribution is 6.00. The van der Waals surface area contributed by atoms with Gasteiger partial charge in [0.05, 0.1) is 5.54 Å². The SMILES string of the molecule is CCCNC(=O)c1cccc(C(=O)N2CC[C@@]23CCCN(C(=O)OC(C)(C)C)C3)c1. The molecule has 0 aliphatic carbocycles. The number of nitrogens with one attached hydrogen (secondary N) is 1. The molecule has 2 saturated heterocycles. The van der Waals surface area contributed by atoms with Crippen LogP contribution in [0.1, 0.15) is 74.1 Å². The van der Waals surface area contributed by atoms with Crippen molar-refractivity contribution in [1.29, 1.82) is 0 Å². The summed E-state index contributed by atoms with van der Waals surface area (Å²) < 4.78 is 5.53. The van der Waals surface area contributed by atoms with Crippen LogP contribution in [0.3, 0.4) is 0 Å². The van der Waals surface area contributed by atoms with Gasteiger partial charge in [-0.1, -0.05) is 13.0 Å². The van der Waals surface area contributed by atoms with E-state index in [0.29, 0.717) is 37.3 Å². The molecule has 1 spiro atoms. The molecule has 164 valence electrons. The lowest BCUT2D eigenvalue weighted by molar-refractivity contribution is -0.0521. The molecule has 2 fully saturated rings. The van der Waals surface area contributed by atoms with Crippen LogP contribution in [-0.2, 0) is 4.74 Å². The highest BCUT2D eigenvalue weighted by atomic mass is 16.6. The monoisotopic (exact) mass is 415 g/mol. The summed E-state index contributed by atoms with van der Waals surface area (Å²) in [7, 11) is 0. The molecular weight excluding hydrogens is 382 g/mol. The van der Waals surface area contributed by atoms with E-state index in [1.165, 1.54) is 0 Å². The van der Waals surface area contributed by atoms with Crippen molar-refractivity contribution in [1.82, 2.24) is 15.1 Å². The normalized spacial score (nSPS) is 21.2. The second-order valence-electron chi connectivity index (χ2n) is 9.27. The largest absolute Gasteiger partial charge is 0.444 e. The Morgan fingerprint density at radius 3 is 2.50 bits per heavy atom. The quantitative estimate of drug-likeness (QED) is 0.817. The van der Waals surface area contributed by atoms with Gasteiger partial charge < -0.3 is 19.9 Å². The minimum absolute atomic E-state index is 0.0857. The number of nitrogens with zero attached hydrogens (tertiary/aromatic N) is 2. The van der Waals surface area contributed by atoms with Crippen molar-refractivity contribution >= 4 is 17.9 Å². The van der Waals surface area contributed by atoms with Crippen LogP contribution in [0.25, 0.3) is 0 Å². The summed E-state index contributed by atoms with van der Waals surface area (Å²) in [5.74, 6) is -0.254. The molecule has 1 atom stereocenters. The molecule has 0 aromatic heterocycles. The number of carbonyl (C=O) groups excluding carboxylic acids is 3. The minimum atomic E-state index is -0.546. The van der Waals surface area contributed by atoms with Gasteiger partial charge in [-0.15, -0.1) is 0 Å². The van der Waals surface area contributed by atoms with Crippen LogP contribution in [0.15, 0.2) is 24.3 Å². The Morgan fingerprint density at radius 2 is 1.87 bits per heavy atom. The average Bonchev–Trinajstić information content (AvgIpc) is 2.70. The lowest BCUT2D eigenvalue weighted by Crippen LogP contribution is -2.69. The maximum Gasteiger partial charge on any atom is 0.410 e. The van der Waals surface area contributed by atoms with Crippen LogP contribution >= 0.6 is 0 Å². The van der Waals surface area contributed by atoms with E-state index >= 15 is 0 Å². The van der Waals surface area contributed by atoms with Crippen LogP contribution in [-0.4, -0.2) is 65.0 Å². The van der Waals surface area contributed by atoms with Gasteiger partial charge >= 0.3 is 6.09 Å². The third-order valence-electron chi connectivity index (χ3n) is 5.73. The second kappa shape index (κ2) is 8.66. The molecule has 7 heteroatoms. The fourth-order valence-electron chi connectivity index (χ4n) is 4.17. The molecule has 2 aliphatic heterocycles. The molecule has 7 nitrogen and oxygen atoms in total. The number of hydrogen-bond acceptors (Lipinski definition) is 4. The van der Waals surface area contributed by atoms with Crippen LogP contribution in [0.5, 0.6) is 0 Å². The number of rotatable bonds is 4. The standard InChI is InChI=1S/C23H33N3O4/c1-5-12-24-19(27)17-8-6-9-18(15-17)20(28)26-14-11-23(26)10-7-13-25(16-23)21(29)30-22(2,3)4/h6,8-9,15H,5,7,10-14,16H2,1-4H3,(H,24,27)/t23-/m1/s1. The average molecular weight is 416 g/mol. The zero-order valence-corrected chi connectivity index (χ0v) is 18.5. The van der Waals surface area contributed by atoms with Crippen molar-refractivity contribution < 1.29 is 19.1 Å². The van der Waals surface area contributed by atoms with E-state index < -0.39 is 5.60 Å². The highest BCUT2D eigenvalue weighted by Gasteiger charge is 2.50. The maximum absolute atomic E-state index is 13.3. The minimum Gasteiger partial charge on any atom is -0.444 e. The highest BCUT2D eigenvalue weighted by Crippen LogP contribution is 2.40. The van der Waals surface area contributed by atoms with Crippen molar-refractivity contribution in [2.24, 2.45) is 0 Å². The van der Waals surface area contributed by atoms with E-state index in [-0.39, 0.29) is 23.4 Å². The van der Waals surface area contributed by atoms with E-state index in [0.717, 1.165) is 25.7 Å². The predicted octanol–water partition coefficient (Wildman–Crippen LogP) is 3.44. The molecule has 3 amide bonds. The smallest absolute Gasteiger partial charge is 0.410 e. The van der Waals surface area contributed by atoms with Gasteiger partial charge in [0.25, 0.3) is 11.8 Å². The van der Waals surface area contributed by atoms with Crippen LogP contribution in [0.4, 0.5) is 4.79 Å². The Balaban J connectivity index is 1.72. The number of hydrogen-bond donors (Lipinski definition) is 1.